The lowest BCUT2D eigenvalue weighted by Gasteiger charge is -2.41. The predicted molar refractivity (Wildman–Crippen MR) is 105 cm³/mol. The van der Waals surface area contributed by atoms with Gasteiger partial charge in [0.15, 0.2) is 0 Å². The van der Waals surface area contributed by atoms with E-state index in [-0.39, 0.29) is 11.7 Å². The Hall–Kier alpha value is -2.66. The molecule has 0 amide bonds. The van der Waals surface area contributed by atoms with Gasteiger partial charge in [0.05, 0.1) is 12.5 Å². The number of benzene rings is 2. The number of hydrogen-bond acceptors (Lipinski definition) is 4. The van der Waals surface area contributed by atoms with E-state index in [2.05, 4.69) is 4.90 Å². The molecule has 1 aliphatic heterocycles. The smallest absolute Gasteiger partial charge is 0.312 e. The van der Waals surface area contributed by atoms with E-state index >= 15 is 0 Å². The monoisotopic (exact) mass is 379 g/mol. The number of aliphatic carboxylic acids is 1. The molecule has 146 valence electrons. The number of Topliss-reactive ketones (excluding diaryl/α,β-unsaturated/α-hetero) is 1. The minimum Gasteiger partial charge on any atom is -0.496 e. The Labute approximate surface area is 164 Å². The zero-order chi connectivity index (χ0) is 19.7. The molecule has 0 radical (unpaired) electrons. The van der Waals surface area contributed by atoms with Crippen molar-refractivity contribution in [3.05, 3.63) is 65.7 Å². The van der Waals surface area contributed by atoms with Crippen molar-refractivity contribution in [2.24, 2.45) is 11.3 Å². The Kier molecular flexibility index (Phi) is 4.94. The highest BCUT2D eigenvalue weighted by atomic mass is 16.5. The maximum Gasteiger partial charge on any atom is 0.312 e. The lowest BCUT2D eigenvalue weighted by molar-refractivity contribution is -0.158. The van der Waals surface area contributed by atoms with Crippen molar-refractivity contribution in [2.75, 3.05) is 20.2 Å². The van der Waals surface area contributed by atoms with E-state index in [4.69, 9.17) is 4.74 Å². The average molecular weight is 379 g/mol. The average Bonchev–Trinajstić information content (AvgIpc) is 3.10. The maximum absolute atomic E-state index is 12.8. The number of hydrogen-bond donors (Lipinski definition) is 1. The fourth-order valence-electron chi connectivity index (χ4n) is 5.14. The van der Waals surface area contributed by atoms with Gasteiger partial charge in [-0.25, -0.2) is 0 Å². The quantitative estimate of drug-likeness (QED) is 0.863. The van der Waals surface area contributed by atoms with Gasteiger partial charge >= 0.3 is 5.97 Å². The summed E-state index contributed by atoms with van der Waals surface area (Å²) in [4.78, 5) is 27.6. The normalized spacial score (nSPS) is 27.4. The molecule has 5 heteroatoms. The van der Waals surface area contributed by atoms with Gasteiger partial charge in [0.2, 0.25) is 0 Å². The molecule has 3 unspecified atom stereocenters. The van der Waals surface area contributed by atoms with Crippen LogP contribution in [0.3, 0.4) is 0 Å². The molecule has 1 N–H and O–H groups in total. The van der Waals surface area contributed by atoms with Crippen molar-refractivity contribution in [2.45, 2.75) is 25.3 Å². The first kappa shape index (κ1) is 18.7. The second-order valence-electron chi connectivity index (χ2n) is 7.85. The van der Waals surface area contributed by atoms with Crippen LogP contribution < -0.4 is 4.74 Å². The van der Waals surface area contributed by atoms with E-state index in [1.807, 2.05) is 54.6 Å². The Morgan fingerprint density at radius 2 is 1.86 bits per heavy atom. The highest BCUT2D eigenvalue weighted by Gasteiger charge is 2.62. The van der Waals surface area contributed by atoms with E-state index in [0.717, 1.165) is 11.1 Å². The van der Waals surface area contributed by atoms with E-state index in [9.17, 15) is 14.7 Å². The maximum atomic E-state index is 12.8. The highest BCUT2D eigenvalue weighted by molar-refractivity contribution is 5.92. The lowest BCUT2D eigenvalue weighted by Crippen LogP contribution is -2.50. The molecule has 4 rings (SSSR count). The van der Waals surface area contributed by atoms with Crippen molar-refractivity contribution in [1.29, 1.82) is 0 Å². The van der Waals surface area contributed by atoms with Crippen LogP contribution in [0, 0.1) is 11.3 Å². The van der Waals surface area contributed by atoms with Crippen LogP contribution in [0.2, 0.25) is 0 Å². The molecular weight excluding hydrogens is 354 g/mol. The van der Waals surface area contributed by atoms with Gasteiger partial charge in [-0.15, -0.1) is 0 Å². The first-order valence-corrected chi connectivity index (χ1v) is 9.71. The van der Waals surface area contributed by atoms with Crippen molar-refractivity contribution in [3.8, 4) is 5.75 Å². The molecule has 2 fully saturated rings. The topological polar surface area (TPSA) is 66.8 Å². The van der Waals surface area contributed by atoms with E-state index < -0.39 is 17.3 Å². The van der Waals surface area contributed by atoms with Crippen LogP contribution >= 0.6 is 0 Å². The minimum absolute atomic E-state index is 0.0732. The van der Waals surface area contributed by atoms with Gasteiger partial charge in [0.1, 0.15) is 11.5 Å². The third kappa shape index (κ3) is 3.00. The van der Waals surface area contributed by atoms with Gasteiger partial charge in [-0.1, -0.05) is 48.5 Å². The van der Waals surface area contributed by atoms with Crippen LogP contribution in [0.5, 0.6) is 5.75 Å². The first-order chi connectivity index (χ1) is 13.6. The molecule has 2 aliphatic rings. The van der Waals surface area contributed by atoms with Gasteiger partial charge < -0.3 is 9.84 Å². The van der Waals surface area contributed by atoms with E-state index in [1.165, 1.54) is 0 Å². The first-order valence-electron chi connectivity index (χ1n) is 9.71. The Bertz CT molecular complexity index is 881. The number of para-hydroxylation sites is 1. The summed E-state index contributed by atoms with van der Waals surface area (Å²) in [6, 6.07) is 17.6. The van der Waals surface area contributed by atoms with E-state index in [1.54, 1.807) is 7.11 Å². The largest absolute Gasteiger partial charge is 0.496 e. The summed E-state index contributed by atoms with van der Waals surface area (Å²) in [6.45, 7) is 1.51. The molecule has 3 atom stereocenters. The molecule has 0 aromatic heterocycles. The zero-order valence-electron chi connectivity index (χ0n) is 16.0. The van der Waals surface area contributed by atoms with Gasteiger partial charge in [-0.3, -0.25) is 14.5 Å². The number of methoxy groups -OCH3 is 1. The van der Waals surface area contributed by atoms with Crippen LogP contribution in [0.1, 0.15) is 29.9 Å². The number of ether oxygens (including phenoxy) is 1. The molecule has 1 aliphatic carbocycles. The molecule has 0 spiro atoms. The molecule has 1 saturated heterocycles. The van der Waals surface area contributed by atoms with Crippen molar-refractivity contribution < 1.29 is 19.4 Å². The number of carbonyl (C=O) groups excluding carboxylic acids is 1. The van der Waals surface area contributed by atoms with Gasteiger partial charge in [0, 0.05) is 37.9 Å². The molecule has 1 heterocycles. The van der Waals surface area contributed by atoms with Crippen LogP contribution in [0.4, 0.5) is 0 Å². The number of ketones is 1. The van der Waals surface area contributed by atoms with Gasteiger partial charge in [0.25, 0.3) is 0 Å². The number of fused-ring (bicyclic) bond motifs is 1. The van der Waals surface area contributed by atoms with Crippen LogP contribution in [0.25, 0.3) is 0 Å². The molecule has 2 aromatic rings. The third-order valence-electron chi connectivity index (χ3n) is 6.40. The van der Waals surface area contributed by atoms with Gasteiger partial charge in [-0.2, -0.15) is 0 Å². The Morgan fingerprint density at radius 3 is 2.57 bits per heavy atom. The molecule has 1 saturated carbocycles. The number of carbonyl (C=O) groups is 2. The van der Waals surface area contributed by atoms with E-state index in [0.29, 0.717) is 38.2 Å². The fraction of sp³-hybridized carbons (Fsp3) is 0.391. The number of likely N-dealkylation sites (tertiary alicyclic amines) is 1. The van der Waals surface area contributed by atoms with Crippen LogP contribution in [-0.2, 0) is 16.1 Å². The van der Waals surface area contributed by atoms with Gasteiger partial charge in [-0.05, 0) is 23.6 Å². The Morgan fingerprint density at radius 1 is 1.14 bits per heavy atom. The summed E-state index contributed by atoms with van der Waals surface area (Å²) in [7, 11) is 1.61. The summed E-state index contributed by atoms with van der Waals surface area (Å²) in [5, 5.41) is 10.4. The zero-order valence-corrected chi connectivity index (χ0v) is 16.0. The molecule has 28 heavy (non-hydrogen) atoms. The highest BCUT2D eigenvalue weighted by Crippen LogP contribution is 2.55. The Balaban J connectivity index is 1.73. The molecule has 5 nitrogen and oxygen atoms in total. The van der Waals surface area contributed by atoms with Crippen LogP contribution in [-0.4, -0.2) is 42.0 Å². The van der Waals surface area contributed by atoms with Crippen molar-refractivity contribution in [1.82, 2.24) is 4.90 Å². The van der Waals surface area contributed by atoms with Crippen molar-refractivity contribution in [3.63, 3.8) is 0 Å². The standard InChI is InChI=1S/C23H25NO4/c1-28-21-10-6-5-9-17(21)18-11-12-20(25)19-14-24(15-23(18,19)22(26)27)13-16-7-3-2-4-8-16/h2-10,18-19H,11-15H2,1H3,(H,26,27). The second kappa shape index (κ2) is 7.40. The fourth-order valence-corrected chi connectivity index (χ4v) is 5.14. The number of carboxylic acids is 1. The second-order valence-corrected chi connectivity index (χ2v) is 7.85. The number of carboxylic acid groups (broad SMARTS) is 1. The summed E-state index contributed by atoms with van der Waals surface area (Å²) in [5.74, 6) is -0.842. The number of nitrogens with zero attached hydrogens (tertiary/aromatic N) is 1. The minimum atomic E-state index is -1.11. The third-order valence-corrected chi connectivity index (χ3v) is 6.40. The predicted octanol–water partition coefficient (Wildman–Crippen LogP) is 3.34. The summed E-state index contributed by atoms with van der Waals surface area (Å²) >= 11 is 0. The number of rotatable bonds is 5. The molecular formula is C23H25NO4. The van der Waals surface area contributed by atoms with Crippen LogP contribution in [0.15, 0.2) is 54.6 Å². The molecule has 0 bridgehead atoms. The van der Waals surface area contributed by atoms with Crippen molar-refractivity contribution >= 4 is 11.8 Å². The summed E-state index contributed by atoms with van der Waals surface area (Å²) in [6.07, 6.45) is 0.961. The summed E-state index contributed by atoms with van der Waals surface area (Å²) in [5.41, 5.74) is 0.910. The molecule has 2 aromatic carbocycles. The lowest BCUT2D eigenvalue weighted by atomic mass is 9.59. The summed E-state index contributed by atoms with van der Waals surface area (Å²) < 4.78 is 5.53. The SMILES string of the molecule is COc1ccccc1C1CCC(=O)C2CN(Cc3ccccc3)CC21C(=O)O.